The van der Waals surface area contributed by atoms with E-state index < -0.39 is 8.07 Å². The van der Waals surface area contributed by atoms with Gasteiger partial charge in [0.2, 0.25) is 0 Å². The van der Waals surface area contributed by atoms with Crippen molar-refractivity contribution in [2.24, 2.45) is 0 Å². The van der Waals surface area contributed by atoms with E-state index in [1.54, 1.807) is 5.20 Å². The van der Waals surface area contributed by atoms with Crippen LogP contribution in [0, 0.1) is 6.92 Å². The summed E-state index contributed by atoms with van der Waals surface area (Å²) in [6, 6.07) is 5.73. The number of allylic oxidation sites excluding steroid dienone is 4. The van der Waals surface area contributed by atoms with Crippen molar-refractivity contribution >= 4 is 8.07 Å². The highest BCUT2D eigenvalue weighted by atomic mass is 28.3. The predicted molar refractivity (Wildman–Crippen MR) is 109 cm³/mol. The van der Waals surface area contributed by atoms with E-state index >= 15 is 0 Å². The first kappa shape index (κ1) is 18.8. The second-order valence-electron chi connectivity index (χ2n) is 8.54. The summed E-state index contributed by atoms with van der Waals surface area (Å²) in [4.78, 5) is 0. The maximum absolute atomic E-state index is 6.18. The zero-order valence-electron chi connectivity index (χ0n) is 16.2. The Morgan fingerprint density at radius 3 is 2.50 bits per heavy atom. The Bertz CT molecular complexity index is 672. The SMILES string of the molecule is C=CCOc1c(C[Si](C)(C)C2=CC=CC2)cc(C)cc1C(C)(C)C. The highest BCUT2D eigenvalue weighted by Crippen LogP contribution is 2.38. The molecule has 1 aliphatic rings. The molecule has 130 valence electrons. The Balaban J connectivity index is 2.47. The van der Waals surface area contributed by atoms with Crippen LogP contribution < -0.4 is 4.74 Å². The van der Waals surface area contributed by atoms with Gasteiger partial charge in [0.05, 0.1) is 8.07 Å². The third-order valence-electron chi connectivity index (χ3n) is 4.74. The molecule has 0 atom stereocenters. The molecule has 0 N–H and O–H groups in total. The first-order valence-electron chi connectivity index (χ1n) is 8.89. The number of hydrogen-bond donors (Lipinski definition) is 0. The molecule has 2 heteroatoms. The summed E-state index contributed by atoms with van der Waals surface area (Å²) >= 11 is 0. The number of aryl methyl sites for hydroxylation is 1. The van der Waals surface area contributed by atoms with Crippen LogP contribution in [0.2, 0.25) is 13.1 Å². The van der Waals surface area contributed by atoms with E-state index in [-0.39, 0.29) is 5.41 Å². The van der Waals surface area contributed by atoms with E-state index in [4.69, 9.17) is 4.74 Å². The Morgan fingerprint density at radius 1 is 1.25 bits per heavy atom. The molecule has 0 amide bonds. The number of hydrogen-bond acceptors (Lipinski definition) is 1. The van der Waals surface area contributed by atoms with Crippen LogP contribution >= 0.6 is 0 Å². The van der Waals surface area contributed by atoms with Crippen molar-refractivity contribution in [1.82, 2.24) is 0 Å². The van der Waals surface area contributed by atoms with E-state index in [0.717, 1.165) is 18.2 Å². The Labute approximate surface area is 149 Å². The Morgan fingerprint density at radius 2 is 1.96 bits per heavy atom. The van der Waals surface area contributed by atoms with Crippen molar-refractivity contribution in [3.05, 3.63) is 64.9 Å². The number of benzene rings is 1. The number of ether oxygens (including phenoxy) is 1. The molecule has 0 aromatic heterocycles. The van der Waals surface area contributed by atoms with Gasteiger partial charge in [0, 0.05) is 5.56 Å². The minimum Gasteiger partial charge on any atom is -0.489 e. The third-order valence-corrected chi connectivity index (χ3v) is 8.11. The summed E-state index contributed by atoms with van der Waals surface area (Å²) in [5.41, 5.74) is 4.06. The monoisotopic (exact) mass is 340 g/mol. The molecule has 0 aliphatic heterocycles. The van der Waals surface area contributed by atoms with Crippen molar-refractivity contribution in [2.45, 2.75) is 58.7 Å². The van der Waals surface area contributed by atoms with Crippen molar-refractivity contribution in [1.29, 1.82) is 0 Å². The van der Waals surface area contributed by atoms with Crippen molar-refractivity contribution in [3.63, 3.8) is 0 Å². The maximum Gasteiger partial charge on any atom is 0.126 e. The summed E-state index contributed by atoms with van der Waals surface area (Å²) in [7, 11) is -1.49. The normalized spacial score (nSPS) is 14.7. The minimum atomic E-state index is -1.49. The standard InChI is InChI=1S/C22H32OSi/c1-8-13-23-21-18(14-17(2)15-20(21)22(3,4)5)16-24(6,7)19-11-9-10-12-19/h8-11,14-15H,1,12-13,16H2,2-7H3. The van der Waals surface area contributed by atoms with Crippen LogP contribution in [-0.4, -0.2) is 14.7 Å². The van der Waals surface area contributed by atoms with Gasteiger partial charge in [-0.3, -0.25) is 0 Å². The third kappa shape index (κ3) is 4.30. The van der Waals surface area contributed by atoms with Crippen LogP contribution in [0.1, 0.15) is 43.9 Å². The van der Waals surface area contributed by atoms with Crippen molar-refractivity contribution in [2.75, 3.05) is 6.61 Å². The molecule has 0 heterocycles. The van der Waals surface area contributed by atoms with Crippen LogP contribution in [0.15, 0.2) is 48.2 Å². The molecule has 0 saturated carbocycles. The van der Waals surface area contributed by atoms with Gasteiger partial charge in [0.25, 0.3) is 0 Å². The van der Waals surface area contributed by atoms with Crippen LogP contribution in [0.5, 0.6) is 5.75 Å². The zero-order valence-corrected chi connectivity index (χ0v) is 17.2. The van der Waals surface area contributed by atoms with E-state index in [9.17, 15) is 0 Å². The van der Waals surface area contributed by atoms with Gasteiger partial charge in [-0.1, -0.05) is 87.6 Å². The van der Waals surface area contributed by atoms with Crippen LogP contribution in [0.3, 0.4) is 0 Å². The molecule has 1 nitrogen and oxygen atoms in total. The Hall–Kier alpha value is -1.54. The molecular formula is C22H32OSi. The van der Waals surface area contributed by atoms with Gasteiger partial charge in [-0.05, 0) is 30.4 Å². The van der Waals surface area contributed by atoms with E-state index in [1.807, 2.05) is 6.08 Å². The molecule has 0 spiro atoms. The first-order chi connectivity index (χ1) is 11.1. The van der Waals surface area contributed by atoms with Crippen LogP contribution in [0.4, 0.5) is 0 Å². The van der Waals surface area contributed by atoms with Crippen molar-refractivity contribution < 1.29 is 4.74 Å². The lowest BCUT2D eigenvalue weighted by atomic mass is 9.84. The van der Waals surface area contributed by atoms with Crippen molar-refractivity contribution in [3.8, 4) is 5.75 Å². The summed E-state index contributed by atoms with van der Waals surface area (Å²) in [6.07, 6.45) is 9.77. The van der Waals surface area contributed by atoms with E-state index in [2.05, 4.69) is 77.7 Å². The van der Waals surface area contributed by atoms with Gasteiger partial charge < -0.3 is 4.74 Å². The smallest absolute Gasteiger partial charge is 0.126 e. The first-order valence-corrected chi connectivity index (χ1v) is 12.1. The fourth-order valence-corrected chi connectivity index (χ4v) is 6.05. The highest BCUT2D eigenvalue weighted by molar-refractivity contribution is 6.83. The van der Waals surface area contributed by atoms with Crippen LogP contribution in [0.25, 0.3) is 0 Å². The maximum atomic E-state index is 6.18. The molecule has 2 rings (SSSR count). The van der Waals surface area contributed by atoms with Gasteiger partial charge in [0.1, 0.15) is 12.4 Å². The molecule has 0 radical (unpaired) electrons. The minimum absolute atomic E-state index is 0.0666. The molecule has 0 unspecified atom stereocenters. The zero-order chi connectivity index (χ0) is 18.0. The largest absolute Gasteiger partial charge is 0.489 e. The fraction of sp³-hybridized carbons (Fsp3) is 0.455. The van der Waals surface area contributed by atoms with E-state index in [0.29, 0.717) is 6.61 Å². The lowest BCUT2D eigenvalue weighted by Gasteiger charge is -2.29. The molecule has 0 bridgehead atoms. The van der Waals surface area contributed by atoms with Gasteiger partial charge in [-0.15, -0.1) is 0 Å². The fourth-order valence-electron chi connectivity index (χ4n) is 3.39. The molecular weight excluding hydrogens is 308 g/mol. The molecule has 1 aromatic rings. The molecule has 1 aromatic carbocycles. The molecule has 0 saturated heterocycles. The average Bonchev–Trinajstić information content (AvgIpc) is 2.99. The highest BCUT2D eigenvalue weighted by Gasteiger charge is 2.30. The average molecular weight is 341 g/mol. The van der Waals surface area contributed by atoms with E-state index in [1.165, 1.54) is 16.7 Å². The van der Waals surface area contributed by atoms with Gasteiger partial charge in [-0.2, -0.15) is 0 Å². The Kier molecular flexibility index (Phi) is 5.59. The molecule has 1 aliphatic carbocycles. The molecule has 24 heavy (non-hydrogen) atoms. The lowest BCUT2D eigenvalue weighted by molar-refractivity contribution is 0.348. The lowest BCUT2D eigenvalue weighted by Crippen LogP contribution is -2.32. The van der Waals surface area contributed by atoms with Gasteiger partial charge in [0.15, 0.2) is 0 Å². The number of rotatable bonds is 6. The second-order valence-corrected chi connectivity index (χ2v) is 13.3. The quantitative estimate of drug-likeness (QED) is 0.451. The second kappa shape index (κ2) is 7.14. The van der Waals surface area contributed by atoms with Gasteiger partial charge >= 0.3 is 0 Å². The summed E-state index contributed by atoms with van der Waals surface area (Å²) in [5.74, 6) is 1.08. The molecule has 0 fully saturated rings. The summed E-state index contributed by atoms with van der Waals surface area (Å²) in [6.45, 7) is 18.3. The summed E-state index contributed by atoms with van der Waals surface area (Å²) in [5, 5.41) is 1.64. The van der Waals surface area contributed by atoms with Crippen LogP contribution in [-0.2, 0) is 11.5 Å². The topological polar surface area (TPSA) is 9.23 Å². The van der Waals surface area contributed by atoms with Gasteiger partial charge in [-0.25, -0.2) is 0 Å². The summed E-state index contributed by atoms with van der Waals surface area (Å²) < 4.78 is 6.18. The predicted octanol–water partition coefficient (Wildman–Crippen LogP) is 6.07.